The van der Waals surface area contributed by atoms with E-state index in [4.69, 9.17) is 9.15 Å². The van der Waals surface area contributed by atoms with Gasteiger partial charge in [-0.25, -0.2) is 4.79 Å². The highest BCUT2D eigenvalue weighted by molar-refractivity contribution is 6.08. The Labute approximate surface area is 121 Å². The van der Waals surface area contributed by atoms with E-state index in [9.17, 15) is 9.90 Å². The van der Waals surface area contributed by atoms with E-state index in [1.807, 2.05) is 36.4 Å². The zero-order valence-corrected chi connectivity index (χ0v) is 11.5. The number of hydrogen-bond acceptors (Lipinski definition) is 3. The van der Waals surface area contributed by atoms with Crippen molar-refractivity contribution in [1.29, 1.82) is 0 Å². The molecule has 1 N–H and O–H groups in total. The van der Waals surface area contributed by atoms with Crippen LogP contribution in [0.25, 0.3) is 22.3 Å². The molecule has 4 nitrogen and oxygen atoms in total. The highest BCUT2D eigenvalue weighted by Gasteiger charge is 2.21. The molecule has 21 heavy (non-hydrogen) atoms. The fraction of sp³-hybridized carbons (Fsp3) is 0.118. The predicted molar refractivity (Wildman–Crippen MR) is 79.3 cm³/mol. The maximum atomic E-state index is 11.6. The van der Waals surface area contributed by atoms with Gasteiger partial charge < -0.3 is 14.3 Å². The summed E-state index contributed by atoms with van der Waals surface area (Å²) in [7, 11) is 1.60. The van der Waals surface area contributed by atoms with Crippen molar-refractivity contribution in [2.75, 3.05) is 7.11 Å². The summed E-state index contributed by atoms with van der Waals surface area (Å²) in [5, 5.41) is 10.1. The molecule has 0 atom stereocenters. The Morgan fingerprint density at radius 3 is 2.62 bits per heavy atom. The molecule has 0 unspecified atom stereocenters. The van der Waals surface area contributed by atoms with Crippen LogP contribution in [0.1, 0.15) is 15.9 Å². The summed E-state index contributed by atoms with van der Waals surface area (Å²) < 4.78 is 10.8. The zero-order valence-electron chi connectivity index (χ0n) is 11.5. The minimum atomic E-state index is -0.998. The van der Waals surface area contributed by atoms with Gasteiger partial charge in [0.1, 0.15) is 16.9 Å². The maximum absolute atomic E-state index is 11.6. The second-order valence-corrected chi connectivity index (χ2v) is 4.74. The van der Waals surface area contributed by atoms with E-state index >= 15 is 0 Å². The van der Waals surface area contributed by atoms with Gasteiger partial charge in [0, 0.05) is 18.1 Å². The summed E-state index contributed by atoms with van der Waals surface area (Å²) in [5.41, 5.74) is 2.41. The molecule has 0 spiro atoms. The third-order valence-corrected chi connectivity index (χ3v) is 3.31. The van der Waals surface area contributed by atoms with Gasteiger partial charge in [-0.1, -0.05) is 36.4 Å². The largest absolute Gasteiger partial charge is 0.478 e. The van der Waals surface area contributed by atoms with Crippen molar-refractivity contribution in [3.63, 3.8) is 0 Å². The van der Waals surface area contributed by atoms with Gasteiger partial charge in [-0.2, -0.15) is 0 Å². The van der Waals surface area contributed by atoms with Gasteiger partial charge in [0.15, 0.2) is 0 Å². The quantitative estimate of drug-likeness (QED) is 0.787. The smallest absolute Gasteiger partial charge is 0.340 e. The number of carbonyl (C=O) groups is 1. The fourth-order valence-electron chi connectivity index (χ4n) is 2.41. The monoisotopic (exact) mass is 282 g/mol. The second kappa shape index (κ2) is 5.42. The van der Waals surface area contributed by atoms with E-state index in [0.29, 0.717) is 23.3 Å². The van der Waals surface area contributed by atoms with Crippen LogP contribution in [0.3, 0.4) is 0 Å². The molecule has 1 heterocycles. The lowest BCUT2D eigenvalue weighted by Crippen LogP contribution is -1.97. The van der Waals surface area contributed by atoms with Crippen molar-refractivity contribution >= 4 is 16.9 Å². The van der Waals surface area contributed by atoms with Gasteiger partial charge in [0.2, 0.25) is 0 Å². The third kappa shape index (κ3) is 2.41. The molecule has 0 fully saturated rings. The number of rotatable bonds is 4. The second-order valence-electron chi connectivity index (χ2n) is 4.74. The summed E-state index contributed by atoms with van der Waals surface area (Å²) >= 11 is 0. The highest BCUT2D eigenvalue weighted by Crippen LogP contribution is 2.34. The molecule has 0 saturated heterocycles. The Morgan fingerprint density at radius 1 is 1.19 bits per heavy atom. The predicted octanol–water partition coefficient (Wildman–Crippen LogP) is 3.94. The topological polar surface area (TPSA) is 59.7 Å². The van der Waals surface area contributed by atoms with Crippen LogP contribution in [0, 0.1) is 0 Å². The van der Waals surface area contributed by atoms with Crippen LogP contribution < -0.4 is 0 Å². The molecule has 0 aliphatic heterocycles. The number of methoxy groups -OCH3 is 1. The number of benzene rings is 2. The van der Waals surface area contributed by atoms with E-state index in [1.54, 1.807) is 19.2 Å². The molecule has 0 bridgehead atoms. The van der Waals surface area contributed by atoms with E-state index in [2.05, 4.69) is 0 Å². The average Bonchev–Trinajstić information content (AvgIpc) is 2.87. The molecule has 2 aromatic carbocycles. The Morgan fingerprint density at radius 2 is 1.95 bits per heavy atom. The number of ether oxygens (including phenoxy) is 1. The molecule has 3 rings (SSSR count). The van der Waals surface area contributed by atoms with Crippen LogP contribution >= 0.6 is 0 Å². The first-order chi connectivity index (χ1) is 10.2. The third-order valence-electron chi connectivity index (χ3n) is 3.31. The molecule has 0 radical (unpaired) electrons. The van der Waals surface area contributed by atoms with Crippen molar-refractivity contribution in [3.8, 4) is 11.3 Å². The van der Waals surface area contributed by atoms with Crippen molar-refractivity contribution in [1.82, 2.24) is 0 Å². The number of fused-ring (bicyclic) bond motifs is 1. The molecule has 106 valence electrons. The molecule has 0 aliphatic carbocycles. The molecule has 4 heteroatoms. The number of aromatic carboxylic acids is 1. The minimum absolute atomic E-state index is 0.189. The first kappa shape index (κ1) is 13.4. The van der Waals surface area contributed by atoms with E-state index < -0.39 is 5.97 Å². The van der Waals surface area contributed by atoms with Gasteiger partial charge in [0.25, 0.3) is 0 Å². The Balaban J connectivity index is 2.26. The summed E-state index contributed by atoms with van der Waals surface area (Å²) in [6.07, 6.45) is 0. The Bertz CT molecular complexity index is 787. The average molecular weight is 282 g/mol. The Hall–Kier alpha value is -2.59. The van der Waals surface area contributed by atoms with Gasteiger partial charge in [0.05, 0.1) is 6.61 Å². The van der Waals surface area contributed by atoms with E-state index in [1.165, 1.54) is 0 Å². The zero-order chi connectivity index (χ0) is 14.8. The molecule has 3 aromatic rings. The van der Waals surface area contributed by atoms with Crippen LogP contribution in [-0.4, -0.2) is 18.2 Å². The molecule has 0 aliphatic rings. The number of carboxylic acid groups (broad SMARTS) is 1. The lowest BCUT2D eigenvalue weighted by atomic mass is 10.0. The molecule has 1 aromatic heterocycles. The van der Waals surface area contributed by atoms with Crippen molar-refractivity contribution < 1.29 is 19.1 Å². The van der Waals surface area contributed by atoms with Gasteiger partial charge in [-0.3, -0.25) is 0 Å². The SMILES string of the molecule is COCc1ccc2oc(-c3ccccc3)c(C(=O)O)c2c1. The normalized spacial score (nSPS) is 10.9. The van der Waals surface area contributed by atoms with Crippen LogP contribution in [-0.2, 0) is 11.3 Å². The summed E-state index contributed by atoms with van der Waals surface area (Å²) in [5.74, 6) is -0.616. The first-order valence-corrected chi connectivity index (χ1v) is 6.54. The minimum Gasteiger partial charge on any atom is -0.478 e. The highest BCUT2D eigenvalue weighted by atomic mass is 16.5. The van der Waals surface area contributed by atoms with Gasteiger partial charge in [-0.05, 0) is 17.7 Å². The number of carboxylic acids is 1. The van der Waals surface area contributed by atoms with E-state index in [0.717, 1.165) is 11.1 Å². The molecular weight excluding hydrogens is 268 g/mol. The Kier molecular flexibility index (Phi) is 3.46. The van der Waals surface area contributed by atoms with Crippen LogP contribution in [0.5, 0.6) is 0 Å². The molecular formula is C17H14O4. The van der Waals surface area contributed by atoms with Crippen LogP contribution in [0.4, 0.5) is 0 Å². The fourth-order valence-corrected chi connectivity index (χ4v) is 2.41. The lowest BCUT2D eigenvalue weighted by Gasteiger charge is -2.00. The molecule has 0 amide bonds. The standard InChI is InChI=1S/C17H14O4/c1-20-10-11-7-8-14-13(9-11)15(17(18)19)16(21-14)12-5-3-2-4-6-12/h2-9H,10H2,1H3,(H,18,19). The van der Waals surface area contributed by atoms with E-state index in [-0.39, 0.29) is 5.56 Å². The van der Waals surface area contributed by atoms with Gasteiger partial charge >= 0.3 is 5.97 Å². The van der Waals surface area contributed by atoms with Crippen molar-refractivity contribution in [2.24, 2.45) is 0 Å². The first-order valence-electron chi connectivity index (χ1n) is 6.54. The molecule has 0 saturated carbocycles. The number of furan rings is 1. The maximum Gasteiger partial charge on any atom is 0.340 e. The summed E-state index contributed by atoms with van der Waals surface area (Å²) in [4.78, 5) is 11.6. The van der Waals surface area contributed by atoms with Gasteiger partial charge in [-0.15, -0.1) is 0 Å². The van der Waals surface area contributed by atoms with Crippen LogP contribution in [0.15, 0.2) is 52.9 Å². The van der Waals surface area contributed by atoms with Crippen LogP contribution in [0.2, 0.25) is 0 Å². The summed E-state index contributed by atoms with van der Waals surface area (Å²) in [6.45, 7) is 0.431. The van der Waals surface area contributed by atoms with Crippen molar-refractivity contribution in [3.05, 3.63) is 59.7 Å². The lowest BCUT2D eigenvalue weighted by molar-refractivity contribution is 0.0699. The number of hydrogen-bond donors (Lipinski definition) is 1. The summed E-state index contributed by atoms with van der Waals surface area (Å²) in [6, 6.07) is 14.7. The van der Waals surface area contributed by atoms with Crippen molar-refractivity contribution in [2.45, 2.75) is 6.61 Å².